The van der Waals surface area contributed by atoms with Gasteiger partial charge in [0.2, 0.25) is 0 Å². The van der Waals surface area contributed by atoms with E-state index in [-0.39, 0.29) is 12.0 Å². The fraction of sp³-hybridized carbons (Fsp3) is 0.765. The van der Waals surface area contributed by atoms with Crippen molar-refractivity contribution in [2.45, 2.75) is 63.6 Å². The number of H-pyrrole nitrogens is 1. The van der Waals surface area contributed by atoms with Crippen LogP contribution in [-0.4, -0.2) is 52.8 Å². The lowest BCUT2D eigenvalue weighted by molar-refractivity contribution is 0.0415. The van der Waals surface area contributed by atoms with Gasteiger partial charge in [0, 0.05) is 50.0 Å². The minimum absolute atomic E-state index is 0.0913. The monoisotopic (exact) mass is 318 g/mol. The van der Waals surface area contributed by atoms with Crippen molar-refractivity contribution in [1.82, 2.24) is 20.4 Å². The Morgan fingerprint density at radius 1 is 1.26 bits per heavy atom. The van der Waals surface area contributed by atoms with Crippen molar-refractivity contribution in [3.05, 3.63) is 17.0 Å². The third kappa shape index (κ3) is 3.02. The quantitative estimate of drug-likeness (QED) is 0.885. The first-order valence-corrected chi connectivity index (χ1v) is 9.02. The van der Waals surface area contributed by atoms with Gasteiger partial charge in [-0.3, -0.25) is 9.89 Å². The van der Waals surface area contributed by atoms with Gasteiger partial charge in [0.15, 0.2) is 5.69 Å². The van der Waals surface area contributed by atoms with E-state index in [4.69, 9.17) is 4.74 Å². The molecule has 0 bridgehead atoms. The van der Waals surface area contributed by atoms with Gasteiger partial charge in [-0.2, -0.15) is 5.10 Å². The van der Waals surface area contributed by atoms with E-state index in [0.717, 1.165) is 69.6 Å². The van der Waals surface area contributed by atoms with Crippen molar-refractivity contribution >= 4 is 5.91 Å². The van der Waals surface area contributed by atoms with Crippen LogP contribution in [0.25, 0.3) is 0 Å². The van der Waals surface area contributed by atoms with E-state index in [1.54, 1.807) is 0 Å². The molecule has 1 aromatic heterocycles. The van der Waals surface area contributed by atoms with Crippen LogP contribution in [0.5, 0.6) is 0 Å². The third-order valence-electron chi connectivity index (χ3n) is 5.46. The molecule has 1 amide bonds. The zero-order valence-electron chi connectivity index (χ0n) is 13.6. The first kappa shape index (κ1) is 15.1. The molecule has 2 N–H and O–H groups in total. The smallest absolute Gasteiger partial charge is 0.275 e. The van der Waals surface area contributed by atoms with E-state index in [2.05, 4.69) is 20.4 Å². The van der Waals surface area contributed by atoms with Crippen LogP contribution in [0.3, 0.4) is 0 Å². The second kappa shape index (κ2) is 6.61. The summed E-state index contributed by atoms with van der Waals surface area (Å²) in [4.78, 5) is 15.3. The van der Waals surface area contributed by atoms with Crippen LogP contribution in [0.1, 0.15) is 60.3 Å². The number of hydrogen-bond donors (Lipinski definition) is 2. The second-order valence-corrected chi connectivity index (χ2v) is 6.99. The first-order valence-electron chi connectivity index (χ1n) is 9.02. The van der Waals surface area contributed by atoms with Gasteiger partial charge < -0.3 is 15.0 Å². The van der Waals surface area contributed by atoms with Gasteiger partial charge >= 0.3 is 0 Å². The van der Waals surface area contributed by atoms with E-state index in [0.29, 0.717) is 11.7 Å². The van der Waals surface area contributed by atoms with E-state index >= 15 is 0 Å². The maximum atomic E-state index is 13.2. The van der Waals surface area contributed by atoms with Gasteiger partial charge in [0.05, 0.1) is 6.10 Å². The summed E-state index contributed by atoms with van der Waals surface area (Å²) in [6.07, 6.45) is 7.97. The molecule has 0 aromatic carbocycles. The Morgan fingerprint density at radius 3 is 2.91 bits per heavy atom. The number of rotatable bonds is 4. The molecule has 3 aliphatic rings. The van der Waals surface area contributed by atoms with Crippen molar-refractivity contribution in [2.24, 2.45) is 0 Å². The van der Waals surface area contributed by atoms with Gasteiger partial charge in [-0.05, 0) is 25.7 Å². The Labute approximate surface area is 137 Å². The van der Waals surface area contributed by atoms with Gasteiger partial charge in [0.1, 0.15) is 0 Å². The van der Waals surface area contributed by atoms with E-state index < -0.39 is 0 Å². The molecule has 1 aromatic rings. The van der Waals surface area contributed by atoms with Crippen LogP contribution in [-0.2, 0) is 17.7 Å². The lowest BCUT2D eigenvalue weighted by Crippen LogP contribution is -2.44. The Balaban J connectivity index is 1.57. The van der Waals surface area contributed by atoms with Gasteiger partial charge in [0.25, 0.3) is 5.91 Å². The summed E-state index contributed by atoms with van der Waals surface area (Å²) < 4.78 is 5.79. The maximum Gasteiger partial charge on any atom is 0.275 e. The van der Waals surface area contributed by atoms with E-state index in [9.17, 15) is 4.79 Å². The minimum atomic E-state index is 0.0913. The number of aromatic nitrogens is 2. The molecule has 1 atom stereocenters. The first-order chi connectivity index (χ1) is 11.3. The number of carbonyl (C=O) groups is 1. The fourth-order valence-electron chi connectivity index (χ4n) is 4.16. The Hall–Kier alpha value is -1.40. The van der Waals surface area contributed by atoms with Gasteiger partial charge in [-0.15, -0.1) is 0 Å². The van der Waals surface area contributed by atoms with Crippen LogP contribution in [0.4, 0.5) is 0 Å². The highest BCUT2D eigenvalue weighted by Gasteiger charge is 2.33. The highest BCUT2D eigenvalue weighted by atomic mass is 16.5. The van der Waals surface area contributed by atoms with Gasteiger partial charge in [-0.1, -0.05) is 12.8 Å². The highest BCUT2D eigenvalue weighted by Crippen LogP contribution is 2.28. The average molecular weight is 318 g/mol. The molecule has 6 nitrogen and oxygen atoms in total. The van der Waals surface area contributed by atoms with Gasteiger partial charge in [-0.25, -0.2) is 0 Å². The summed E-state index contributed by atoms with van der Waals surface area (Å²) in [6.45, 7) is 3.24. The highest BCUT2D eigenvalue weighted by molar-refractivity contribution is 5.94. The SMILES string of the molecule is O=C(c1n[nH]c2c1CNCC2)N(CC1CCCO1)C1CCCC1. The minimum Gasteiger partial charge on any atom is -0.376 e. The average Bonchev–Trinajstić information content (AvgIpc) is 3.32. The van der Waals surface area contributed by atoms with Crippen molar-refractivity contribution in [3.8, 4) is 0 Å². The molecule has 1 aliphatic carbocycles. The maximum absolute atomic E-state index is 13.2. The molecule has 126 valence electrons. The van der Waals surface area contributed by atoms with Crippen LogP contribution >= 0.6 is 0 Å². The van der Waals surface area contributed by atoms with Crippen molar-refractivity contribution in [3.63, 3.8) is 0 Å². The lowest BCUT2D eigenvalue weighted by atomic mass is 10.0. The number of hydrogen-bond acceptors (Lipinski definition) is 4. The molecule has 2 aliphatic heterocycles. The largest absolute Gasteiger partial charge is 0.376 e. The molecule has 6 heteroatoms. The second-order valence-electron chi connectivity index (χ2n) is 6.99. The molecule has 1 unspecified atom stereocenters. The summed E-state index contributed by atoms with van der Waals surface area (Å²) in [7, 11) is 0. The zero-order valence-corrected chi connectivity index (χ0v) is 13.6. The number of amides is 1. The molecular formula is C17H26N4O2. The number of carbonyl (C=O) groups excluding carboxylic acids is 1. The van der Waals surface area contributed by atoms with Crippen LogP contribution in [0.15, 0.2) is 0 Å². The molecule has 1 saturated carbocycles. The molecule has 2 fully saturated rings. The summed E-state index contributed by atoms with van der Waals surface area (Å²) in [5, 5.41) is 10.8. The Bertz CT molecular complexity index is 559. The molecule has 1 saturated heterocycles. The number of ether oxygens (including phenoxy) is 1. The van der Waals surface area contributed by atoms with Crippen molar-refractivity contribution in [1.29, 1.82) is 0 Å². The van der Waals surface area contributed by atoms with Crippen molar-refractivity contribution < 1.29 is 9.53 Å². The normalized spacial score (nSPS) is 24.8. The summed E-state index contributed by atoms with van der Waals surface area (Å²) >= 11 is 0. The molecular weight excluding hydrogens is 292 g/mol. The molecule has 23 heavy (non-hydrogen) atoms. The predicted octanol–water partition coefficient (Wildman–Crippen LogP) is 1.62. The number of nitrogens with one attached hydrogen (secondary N) is 2. The van der Waals surface area contributed by atoms with Crippen molar-refractivity contribution in [2.75, 3.05) is 19.7 Å². The van der Waals surface area contributed by atoms with Crippen LogP contribution in [0.2, 0.25) is 0 Å². The zero-order chi connectivity index (χ0) is 15.6. The molecule has 0 radical (unpaired) electrons. The summed E-state index contributed by atoms with van der Waals surface area (Å²) in [5.74, 6) is 0.0913. The lowest BCUT2D eigenvalue weighted by Gasteiger charge is -2.31. The molecule has 0 spiro atoms. The third-order valence-corrected chi connectivity index (χ3v) is 5.46. The molecule has 3 heterocycles. The van der Waals surface area contributed by atoms with E-state index in [1.165, 1.54) is 12.8 Å². The topological polar surface area (TPSA) is 70.2 Å². The van der Waals surface area contributed by atoms with Crippen LogP contribution in [0, 0.1) is 0 Å². The fourth-order valence-corrected chi connectivity index (χ4v) is 4.16. The number of aromatic amines is 1. The standard InChI is InChI=1S/C17H26N4O2/c22-17(16-14-10-18-8-7-15(14)19-20-16)21(12-4-1-2-5-12)11-13-6-3-9-23-13/h12-13,18H,1-11H2,(H,19,20). The summed E-state index contributed by atoms with van der Waals surface area (Å²) in [5.41, 5.74) is 2.81. The number of fused-ring (bicyclic) bond motifs is 1. The summed E-state index contributed by atoms with van der Waals surface area (Å²) in [6, 6.07) is 0.357. The van der Waals surface area contributed by atoms with Crippen LogP contribution < -0.4 is 5.32 Å². The number of nitrogens with zero attached hydrogens (tertiary/aromatic N) is 2. The van der Waals surface area contributed by atoms with E-state index in [1.807, 2.05) is 0 Å². The Kier molecular flexibility index (Phi) is 4.35. The predicted molar refractivity (Wildman–Crippen MR) is 86.3 cm³/mol. The Morgan fingerprint density at radius 2 is 2.13 bits per heavy atom. The molecule has 4 rings (SSSR count).